The first-order chi connectivity index (χ1) is 11.5. The molecule has 1 aromatic heterocycles. The van der Waals surface area contributed by atoms with Gasteiger partial charge in [0.25, 0.3) is 0 Å². The number of nitrogens with one attached hydrogen (secondary N) is 1. The van der Waals surface area contributed by atoms with Crippen LogP contribution in [0.5, 0.6) is 0 Å². The largest absolute Gasteiger partial charge is 0.481 e. The number of aryl methyl sites for hydroxylation is 2. The Bertz CT molecular complexity index is 912. The molecule has 0 aliphatic heterocycles. The third-order valence-electron chi connectivity index (χ3n) is 3.54. The number of carboxylic acids is 1. The van der Waals surface area contributed by atoms with Crippen LogP contribution < -0.4 is 5.32 Å². The summed E-state index contributed by atoms with van der Waals surface area (Å²) in [4.78, 5) is 19.9. The maximum absolute atomic E-state index is 10.9. The number of carbonyl (C=O) groups is 1. The van der Waals surface area contributed by atoms with Crippen molar-refractivity contribution < 1.29 is 9.90 Å². The van der Waals surface area contributed by atoms with E-state index in [9.17, 15) is 4.79 Å². The van der Waals surface area contributed by atoms with Crippen LogP contribution in [-0.2, 0) is 4.79 Å². The Balaban J connectivity index is 2.01. The average molecular weight is 339 g/mol. The van der Waals surface area contributed by atoms with Crippen molar-refractivity contribution in [3.05, 3.63) is 53.6 Å². The molecule has 3 rings (SSSR count). The summed E-state index contributed by atoms with van der Waals surface area (Å²) in [5.74, 6) is -0.439. The Kier molecular flexibility index (Phi) is 4.66. The third kappa shape index (κ3) is 3.65. The number of hydrogen-bond acceptors (Lipinski definition) is 5. The Morgan fingerprint density at radius 2 is 1.96 bits per heavy atom. The first-order valence-corrected chi connectivity index (χ1v) is 8.47. The molecule has 0 saturated heterocycles. The minimum atomic E-state index is -0.869. The highest BCUT2D eigenvalue weighted by Gasteiger charge is 2.11. The Morgan fingerprint density at radius 3 is 2.75 bits per heavy atom. The van der Waals surface area contributed by atoms with Crippen molar-refractivity contribution in [2.45, 2.75) is 18.9 Å². The van der Waals surface area contributed by atoms with Crippen LogP contribution in [0.1, 0.15) is 11.1 Å². The lowest BCUT2D eigenvalue weighted by Gasteiger charge is -2.11. The van der Waals surface area contributed by atoms with Crippen LogP contribution in [0, 0.1) is 13.8 Å². The van der Waals surface area contributed by atoms with E-state index >= 15 is 0 Å². The molecule has 1 heterocycles. The highest BCUT2D eigenvalue weighted by atomic mass is 32.2. The highest BCUT2D eigenvalue weighted by Crippen LogP contribution is 2.28. The van der Waals surface area contributed by atoms with Crippen molar-refractivity contribution in [1.29, 1.82) is 0 Å². The van der Waals surface area contributed by atoms with Crippen LogP contribution in [0.3, 0.4) is 0 Å². The minimum Gasteiger partial charge on any atom is -0.481 e. The van der Waals surface area contributed by atoms with Gasteiger partial charge in [-0.15, -0.1) is 0 Å². The zero-order valence-electron chi connectivity index (χ0n) is 13.4. The van der Waals surface area contributed by atoms with E-state index in [1.807, 2.05) is 50.2 Å². The number of aromatic nitrogens is 2. The molecule has 2 N–H and O–H groups in total. The fourth-order valence-corrected chi connectivity index (χ4v) is 3.07. The van der Waals surface area contributed by atoms with Crippen LogP contribution >= 0.6 is 11.8 Å². The number of benzene rings is 2. The maximum atomic E-state index is 10.9. The Labute approximate surface area is 144 Å². The van der Waals surface area contributed by atoms with Crippen LogP contribution in [-0.4, -0.2) is 26.8 Å². The van der Waals surface area contributed by atoms with Gasteiger partial charge in [-0.25, -0.2) is 9.97 Å². The van der Waals surface area contributed by atoms with E-state index < -0.39 is 5.97 Å². The topological polar surface area (TPSA) is 75.1 Å². The van der Waals surface area contributed by atoms with E-state index in [-0.39, 0.29) is 5.75 Å². The molecule has 0 saturated carbocycles. The van der Waals surface area contributed by atoms with Gasteiger partial charge >= 0.3 is 5.97 Å². The van der Waals surface area contributed by atoms with E-state index in [4.69, 9.17) is 5.11 Å². The molecule has 0 atom stereocenters. The fourth-order valence-electron chi connectivity index (χ4n) is 2.33. The number of hydrogen-bond donors (Lipinski definition) is 2. The van der Waals surface area contributed by atoms with Crippen LogP contribution in [0.25, 0.3) is 10.9 Å². The van der Waals surface area contributed by atoms with Gasteiger partial charge in [-0.2, -0.15) is 0 Å². The predicted molar refractivity (Wildman–Crippen MR) is 97.1 cm³/mol. The molecule has 0 aliphatic rings. The van der Waals surface area contributed by atoms with Crippen molar-refractivity contribution in [2.75, 3.05) is 11.1 Å². The Hall–Kier alpha value is -2.60. The quantitative estimate of drug-likeness (QED) is 0.537. The number of carboxylic acid groups (broad SMARTS) is 1. The van der Waals surface area contributed by atoms with Gasteiger partial charge in [0.2, 0.25) is 5.95 Å². The van der Waals surface area contributed by atoms with E-state index in [2.05, 4.69) is 21.4 Å². The molecule has 24 heavy (non-hydrogen) atoms. The zero-order valence-corrected chi connectivity index (χ0v) is 14.2. The SMILES string of the molecule is Cc1ccc(C)c(Nc2nc(SCC(=O)O)c3ccccc3n2)c1. The van der Waals surface area contributed by atoms with Gasteiger partial charge in [-0.1, -0.05) is 42.1 Å². The second-order valence-electron chi connectivity index (χ2n) is 5.50. The summed E-state index contributed by atoms with van der Waals surface area (Å²) < 4.78 is 0. The number of fused-ring (bicyclic) bond motifs is 1. The minimum absolute atomic E-state index is 0.0378. The monoisotopic (exact) mass is 339 g/mol. The third-order valence-corrected chi connectivity index (χ3v) is 4.52. The average Bonchev–Trinajstić information content (AvgIpc) is 2.56. The second-order valence-corrected chi connectivity index (χ2v) is 6.46. The van der Waals surface area contributed by atoms with Crippen LogP contribution in [0.4, 0.5) is 11.6 Å². The van der Waals surface area contributed by atoms with Gasteiger partial charge in [0.1, 0.15) is 5.03 Å². The van der Waals surface area contributed by atoms with Crippen molar-refractivity contribution in [3.8, 4) is 0 Å². The lowest BCUT2D eigenvalue weighted by Crippen LogP contribution is -2.03. The number of anilines is 2. The molecule has 5 nitrogen and oxygen atoms in total. The summed E-state index contributed by atoms with van der Waals surface area (Å²) in [6.07, 6.45) is 0. The maximum Gasteiger partial charge on any atom is 0.313 e. The molecule has 0 radical (unpaired) electrons. The standard InChI is InChI=1S/C18H17N3O2S/c1-11-7-8-12(2)15(9-11)20-18-19-14-6-4-3-5-13(14)17(21-18)24-10-16(22)23/h3-9H,10H2,1-2H3,(H,22,23)(H,19,20,21). The van der Waals surface area contributed by atoms with Crippen molar-refractivity contribution in [2.24, 2.45) is 0 Å². The molecule has 0 spiro atoms. The Morgan fingerprint density at radius 1 is 1.17 bits per heavy atom. The highest BCUT2D eigenvalue weighted by molar-refractivity contribution is 8.00. The number of rotatable bonds is 5. The van der Waals surface area contributed by atoms with Gasteiger partial charge in [0, 0.05) is 11.1 Å². The lowest BCUT2D eigenvalue weighted by atomic mass is 10.1. The predicted octanol–water partition coefficient (Wildman–Crippen LogP) is 4.17. The summed E-state index contributed by atoms with van der Waals surface area (Å²) in [6, 6.07) is 13.7. The number of aliphatic carboxylic acids is 1. The van der Waals surface area contributed by atoms with Crippen molar-refractivity contribution in [1.82, 2.24) is 9.97 Å². The van der Waals surface area contributed by atoms with Gasteiger partial charge in [0.15, 0.2) is 0 Å². The molecule has 0 fully saturated rings. The molecule has 0 aliphatic carbocycles. The van der Waals surface area contributed by atoms with Crippen molar-refractivity contribution >= 4 is 40.3 Å². The summed E-state index contributed by atoms with van der Waals surface area (Å²) in [5, 5.41) is 13.7. The molecular weight excluding hydrogens is 322 g/mol. The first kappa shape index (κ1) is 16.3. The van der Waals surface area contributed by atoms with E-state index in [0.717, 1.165) is 27.7 Å². The summed E-state index contributed by atoms with van der Waals surface area (Å²) >= 11 is 1.20. The van der Waals surface area contributed by atoms with Crippen molar-refractivity contribution in [3.63, 3.8) is 0 Å². The van der Waals surface area contributed by atoms with Gasteiger partial charge in [-0.3, -0.25) is 4.79 Å². The molecule has 3 aromatic rings. The van der Waals surface area contributed by atoms with E-state index in [1.54, 1.807) is 0 Å². The van der Waals surface area contributed by atoms with Gasteiger partial charge in [-0.05, 0) is 37.1 Å². The molecule has 2 aromatic carbocycles. The molecule has 0 amide bonds. The molecule has 0 bridgehead atoms. The smallest absolute Gasteiger partial charge is 0.313 e. The van der Waals surface area contributed by atoms with Crippen LogP contribution in [0.15, 0.2) is 47.5 Å². The molecule has 0 unspecified atom stereocenters. The zero-order chi connectivity index (χ0) is 17.1. The van der Waals surface area contributed by atoms with Gasteiger partial charge < -0.3 is 10.4 Å². The summed E-state index contributed by atoms with van der Waals surface area (Å²) in [7, 11) is 0. The molecule has 6 heteroatoms. The number of nitrogens with zero attached hydrogens (tertiary/aromatic N) is 2. The normalized spacial score (nSPS) is 10.8. The van der Waals surface area contributed by atoms with E-state index in [0.29, 0.717) is 11.0 Å². The van der Waals surface area contributed by atoms with Crippen LogP contribution in [0.2, 0.25) is 0 Å². The number of thioether (sulfide) groups is 1. The fraction of sp³-hybridized carbons (Fsp3) is 0.167. The molecular formula is C18H17N3O2S. The van der Waals surface area contributed by atoms with Gasteiger partial charge in [0.05, 0.1) is 11.3 Å². The number of para-hydroxylation sites is 1. The summed E-state index contributed by atoms with van der Waals surface area (Å²) in [6.45, 7) is 4.04. The molecule has 122 valence electrons. The summed E-state index contributed by atoms with van der Waals surface area (Å²) in [5.41, 5.74) is 3.97. The lowest BCUT2D eigenvalue weighted by molar-refractivity contribution is -0.133. The van der Waals surface area contributed by atoms with E-state index in [1.165, 1.54) is 11.8 Å². The second kappa shape index (κ2) is 6.88. The first-order valence-electron chi connectivity index (χ1n) is 7.48.